The summed E-state index contributed by atoms with van der Waals surface area (Å²) in [5.41, 5.74) is 3.06. The van der Waals surface area contributed by atoms with Crippen LogP contribution in [0.1, 0.15) is 34.3 Å². The first-order chi connectivity index (χ1) is 8.74. The van der Waals surface area contributed by atoms with Gasteiger partial charge in [-0.3, -0.25) is 0 Å². The first-order valence-corrected chi connectivity index (χ1v) is 7.03. The maximum absolute atomic E-state index is 13.6. The van der Waals surface area contributed by atoms with E-state index in [1.807, 2.05) is 13.0 Å². The molecule has 1 N–H and O–H groups in total. The van der Waals surface area contributed by atoms with Crippen LogP contribution in [0.5, 0.6) is 0 Å². The smallest absolute Gasteiger partial charge is 0.126 e. The van der Waals surface area contributed by atoms with E-state index in [-0.39, 0.29) is 11.9 Å². The molecule has 0 spiro atoms. The lowest BCUT2D eigenvalue weighted by Crippen LogP contribution is -2.18. The zero-order chi connectivity index (χ0) is 12.5. The minimum absolute atomic E-state index is 0.0682. The van der Waals surface area contributed by atoms with Gasteiger partial charge >= 0.3 is 0 Å². The molecule has 2 aromatic rings. The quantitative estimate of drug-likeness (QED) is 0.917. The summed E-state index contributed by atoms with van der Waals surface area (Å²) in [6.45, 7) is 2.76. The molecular weight excluding hydrogens is 247 g/mol. The minimum atomic E-state index is -0.0682. The van der Waals surface area contributed by atoms with Crippen molar-refractivity contribution >= 4 is 11.3 Å². The summed E-state index contributed by atoms with van der Waals surface area (Å²) in [4.78, 5) is 4.43. The van der Waals surface area contributed by atoms with Crippen LogP contribution < -0.4 is 5.32 Å². The minimum Gasteiger partial charge on any atom is -0.304 e. The largest absolute Gasteiger partial charge is 0.304 e. The molecule has 2 nitrogen and oxygen atoms in total. The second kappa shape index (κ2) is 4.78. The van der Waals surface area contributed by atoms with Crippen molar-refractivity contribution < 1.29 is 4.39 Å². The number of benzene rings is 1. The maximum atomic E-state index is 13.6. The third-order valence-electron chi connectivity index (χ3n) is 3.41. The molecule has 4 heteroatoms. The van der Waals surface area contributed by atoms with Crippen molar-refractivity contribution in [3.8, 4) is 0 Å². The molecule has 1 atom stereocenters. The van der Waals surface area contributed by atoms with E-state index in [2.05, 4.69) is 15.7 Å². The molecule has 0 amide bonds. The Labute approximate surface area is 110 Å². The first-order valence-electron chi connectivity index (χ1n) is 6.15. The normalized spacial score (nSPS) is 18.0. The molecule has 0 aliphatic heterocycles. The lowest BCUT2D eigenvalue weighted by molar-refractivity contribution is 0.526. The number of hydrogen-bond acceptors (Lipinski definition) is 3. The standard InChI is InChI=1S/C14H15FN2S/c1-9-17-10(8-18-9)7-16-14-6-5-11-12(14)3-2-4-13(11)15/h2-4,8,14,16H,5-7H2,1H3. The topological polar surface area (TPSA) is 24.9 Å². The molecule has 0 saturated carbocycles. The van der Waals surface area contributed by atoms with Crippen molar-refractivity contribution in [1.82, 2.24) is 10.3 Å². The molecule has 1 heterocycles. The number of nitrogens with zero attached hydrogens (tertiary/aromatic N) is 1. The molecule has 0 bridgehead atoms. The van der Waals surface area contributed by atoms with Gasteiger partial charge in [0.2, 0.25) is 0 Å². The summed E-state index contributed by atoms with van der Waals surface area (Å²) in [5.74, 6) is -0.0682. The predicted octanol–water partition coefficient (Wildman–Crippen LogP) is 3.37. The van der Waals surface area contributed by atoms with Crippen LogP contribution in [-0.4, -0.2) is 4.98 Å². The van der Waals surface area contributed by atoms with Crippen molar-refractivity contribution in [3.05, 3.63) is 51.2 Å². The van der Waals surface area contributed by atoms with E-state index in [0.717, 1.165) is 41.2 Å². The Balaban J connectivity index is 1.71. The van der Waals surface area contributed by atoms with E-state index in [1.165, 1.54) is 0 Å². The number of nitrogens with one attached hydrogen (secondary N) is 1. The van der Waals surface area contributed by atoms with Gasteiger partial charge in [-0.05, 0) is 37.0 Å². The highest BCUT2D eigenvalue weighted by Gasteiger charge is 2.24. The number of hydrogen-bond donors (Lipinski definition) is 1. The van der Waals surface area contributed by atoms with Crippen LogP contribution in [0.25, 0.3) is 0 Å². The molecule has 1 aliphatic rings. The number of aromatic nitrogens is 1. The summed E-state index contributed by atoms with van der Waals surface area (Å²) >= 11 is 1.66. The average Bonchev–Trinajstić information content (AvgIpc) is 2.94. The Hall–Kier alpha value is -1.26. The molecule has 1 unspecified atom stereocenters. The lowest BCUT2D eigenvalue weighted by Gasteiger charge is -2.13. The summed E-state index contributed by atoms with van der Waals surface area (Å²) in [5, 5.41) is 6.63. The summed E-state index contributed by atoms with van der Waals surface area (Å²) < 4.78 is 13.6. The van der Waals surface area contributed by atoms with E-state index in [0.29, 0.717) is 0 Å². The molecule has 0 saturated heterocycles. The summed E-state index contributed by atoms with van der Waals surface area (Å²) in [6, 6.07) is 5.62. The third kappa shape index (κ3) is 2.18. The zero-order valence-electron chi connectivity index (χ0n) is 10.2. The number of halogens is 1. The van der Waals surface area contributed by atoms with Crippen LogP contribution in [0.2, 0.25) is 0 Å². The molecule has 0 fully saturated rings. The Kier molecular flexibility index (Phi) is 3.14. The van der Waals surface area contributed by atoms with Gasteiger partial charge in [-0.25, -0.2) is 9.37 Å². The van der Waals surface area contributed by atoms with Gasteiger partial charge in [0.05, 0.1) is 10.7 Å². The van der Waals surface area contributed by atoms with Crippen LogP contribution in [0, 0.1) is 12.7 Å². The fraction of sp³-hybridized carbons (Fsp3) is 0.357. The highest BCUT2D eigenvalue weighted by atomic mass is 32.1. The van der Waals surface area contributed by atoms with Gasteiger partial charge in [-0.15, -0.1) is 11.3 Å². The molecule has 18 heavy (non-hydrogen) atoms. The maximum Gasteiger partial charge on any atom is 0.126 e. The number of thiazole rings is 1. The highest BCUT2D eigenvalue weighted by Crippen LogP contribution is 2.32. The number of fused-ring (bicyclic) bond motifs is 1. The van der Waals surface area contributed by atoms with Gasteiger partial charge in [0.1, 0.15) is 5.82 Å². The van der Waals surface area contributed by atoms with E-state index < -0.39 is 0 Å². The van der Waals surface area contributed by atoms with Crippen molar-refractivity contribution in [2.24, 2.45) is 0 Å². The van der Waals surface area contributed by atoms with Crippen molar-refractivity contribution in [2.45, 2.75) is 32.4 Å². The van der Waals surface area contributed by atoms with E-state index in [9.17, 15) is 4.39 Å². The van der Waals surface area contributed by atoms with Gasteiger partial charge < -0.3 is 5.32 Å². The fourth-order valence-corrected chi connectivity index (χ4v) is 3.15. The number of aryl methyl sites for hydroxylation is 1. The Morgan fingerprint density at radius 1 is 1.50 bits per heavy atom. The van der Waals surface area contributed by atoms with Crippen LogP contribution in [0.3, 0.4) is 0 Å². The van der Waals surface area contributed by atoms with Gasteiger partial charge in [0.15, 0.2) is 0 Å². The van der Waals surface area contributed by atoms with Crippen molar-refractivity contribution in [3.63, 3.8) is 0 Å². The lowest BCUT2D eigenvalue weighted by atomic mass is 10.1. The van der Waals surface area contributed by atoms with Crippen LogP contribution in [0.15, 0.2) is 23.6 Å². The third-order valence-corrected chi connectivity index (χ3v) is 4.23. The Morgan fingerprint density at radius 2 is 2.39 bits per heavy atom. The summed E-state index contributed by atoms with van der Waals surface area (Å²) in [6.07, 6.45) is 1.80. The van der Waals surface area contributed by atoms with Crippen molar-refractivity contribution in [2.75, 3.05) is 0 Å². The van der Waals surface area contributed by atoms with E-state index in [1.54, 1.807) is 23.5 Å². The van der Waals surface area contributed by atoms with Crippen LogP contribution in [-0.2, 0) is 13.0 Å². The molecular formula is C14H15FN2S. The van der Waals surface area contributed by atoms with Crippen molar-refractivity contribution in [1.29, 1.82) is 0 Å². The highest BCUT2D eigenvalue weighted by molar-refractivity contribution is 7.09. The zero-order valence-corrected chi connectivity index (χ0v) is 11.1. The predicted molar refractivity (Wildman–Crippen MR) is 71.2 cm³/mol. The van der Waals surface area contributed by atoms with E-state index in [4.69, 9.17) is 0 Å². The molecule has 1 aromatic heterocycles. The fourth-order valence-electron chi connectivity index (χ4n) is 2.54. The van der Waals surface area contributed by atoms with Crippen LogP contribution >= 0.6 is 11.3 Å². The Bertz CT molecular complexity index is 565. The van der Waals surface area contributed by atoms with E-state index >= 15 is 0 Å². The van der Waals surface area contributed by atoms with Gasteiger partial charge in [0, 0.05) is 18.0 Å². The molecule has 0 radical (unpaired) electrons. The number of rotatable bonds is 3. The Morgan fingerprint density at radius 3 is 3.17 bits per heavy atom. The summed E-state index contributed by atoms with van der Waals surface area (Å²) in [7, 11) is 0. The molecule has 94 valence electrons. The second-order valence-corrected chi connectivity index (χ2v) is 5.70. The van der Waals surface area contributed by atoms with Gasteiger partial charge in [0.25, 0.3) is 0 Å². The monoisotopic (exact) mass is 262 g/mol. The molecule has 1 aliphatic carbocycles. The van der Waals surface area contributed by atoms with Gasteiger partial charge in [-0.2, -0.15) is 0 Å². The van der Waals surface area contributed by atoms with Crippen LogP contribution in [0.4, 0.5) is 4.39 Å². The molecule has 3 rings (SSSR count). The van der Waals surface area contributed by atoms with Gasteiger partial charge in [-0.1, -0.05) is 12.1 Å². The molecule has 1 aromatic carbocycles. The second-order valence-electron chi connectivity index (χ2n) is 4.64. The first kappa shape index (κ1) is 11.8. The average molecular weight is 262 g/mol. The SMILES string of the molecule is Cc1nc(CNC2CCc3c(F)cccc32)cs1.